The number of aliphatic hydroxyl groups is 1. The lowest BCUT2D eigenvalue weighted by molar-refractivity contribution is 0.0304. The standard InChI is InChI=1S/C32H36N6O5/c1-23-20-27(30(40)36-16-18-43-19-17-36)28-29(33-23)37(32(42)38(31(28)41)25-10-6-3-7-11-25)22-26(39)21-34-12-14-35(15-13-34)24-8-4-2-5-9-24/h2-11,20,26,39H,12-19,21-22H2,1H3. The van der Waals surface area contributed by atoms with Gasteiger partial charge in [0.25, 0.3) is 11.5 Å². The number of hydrogen-bond acceptors (Lipinski definition) is 8. The Morgan fingerprint density at radius 2 is 1.51 bits per heavy atom. The molecule has 0 radical (unpaired) electrons. The van der Waals surface area contributed by atoms with Gasteiger partial charge in [0.15, 0.2) is 5.65 Å². The van der Waals surface area contributed by atoms with Gasteiger partial charge in [-0.15, -0.1) is 0 Å². The maximum Gasteiger partial charge on any atom is 0.337 e. The third-order valence-electron chi connectivity index (χ3n) is 8.12. The number of morpholine rings is 1. The van der Waals surface area contributed by atoms with Crippen molar-refractivity contribution in [3.63, 3.8) is 0 Å². The molecular weight excluding hydrogens is 548 g/mol. The van der Waals surface area contributed by atoms with E-state index in [-0.39, 0.29) is 29.0 Å². The van der Waals surface area contributed by atoms with Crippen molar-refractivity contribution in [1.82, 2.24) is 23.9 Å². The third kappa shape index (κ3) is 5.96. The van der Waals surface area contributed by atoms with Crippen molar-refractivity contribution in [3.05, 3.63) is 98.8 Å². The van der Waals surface area contributed by atoms with Gasteiger partial charge in [-0.2, -0.15) is 0 Å². The first-order valence-corrected chi connectivity index (χ1v) is 14.7. The molecule has 1 N–H and O–H groups in total. The van der Waals surface area contributed by atoms with Gasteiger partial charge < -0.3 is 19.6 Å². The van der Waals surface area contributed by atoms with E-state index < -0.39 is 17.4 Å². The van der Waals surface area contributed by atoms with Crippen LogP contribution in [0, 0.1) is 6.92 Å². The summed E-state index contributed by atoms with van der Waals surface area (Å²) in [6, 6.07) is 20.5. The molecule has 2 aliphatic rings. The second-order valence-corrected chi connectivity index (χ2v) is 11.1. The number of benzene rings is 2. The van der Waals surface area contributed by atoms with Gasteiger partial charge in [-0.3, -0.25) is 19.1 Å². The van der Waals surface area contributed by atoms with Gasteiger partial charge in [0.1, 0.15) is 0 Å². The number of fused-ring (bicyclic) bond motifs is 1. The Labute approximate surface area is 249 Å². The number of hydrogen-bond donors (Lipinski definition) is 1. The quantitative estimate of drug-likeness (QED) is 0.348. The summed E-state index contributed by atoms with van der Waals surface area (Å²) < 4.78 is 7.83. The van der Waals surface area contributed by atoms with Crippen LogP contribution in [0.3, 0.4) is 0 Å². The number of ether oxygens (including phenoxy) is 1. The molecule has 11 nitrogen and oxygen atoms in total. The minimum atomic E-state index is -0.911. The summed E-state index contributed by atoms with van der Waals surface area (Å²) in [6.45, 7) is 6.83. The number of anilines is 1. The molecule has 1 amide bonds. The topological polar surface area (TPSA) is 113 Å². The van der Waals surface area contributed by atoms with Crippen LogP contribution in [0.5, 0.6) is 0 Å². The summed E-state index contributed by atoms with van der Waals surface area (Å²) in [5, 5.41) is 11.3. The molecular formula is C32H36N6O5. The van der Waals surface area contributed by atoms with Crippen molar-refractivity contribution in [1.29, 1.82) is 0 Å². The van der Waals surface area contributed by atoms with Gasteiger partial charge in [0.05, 0.1) is 42.5 Å². The molecule has 11 heteroatoms. The number of aryl methyl sites for hydroxylation is 1. The average molecular weight is 585 g/mol. The second-order valence-electron chi connectivity index (χ2n) is 11.1. The average Bonchev–Trinajstić information content (AvgIpc) is 3.04. The zero-order chi connectivity index (χ0) is 29.9. The van der Waals surface area contributed by atoms with E-state index in [1.807, 2.05) is 18.2 Å². The van der Waals surface area contributed by atoms with Crippen molar-refractivity contribution in [2.45, 2.75) is 19.6 Å². The predicted molar refractivity (Wildman–Crippen MR) is 164 cm³/mol. The number of aromatic nitrogens is 3. The number of piperazine rings is 1. The van der Waals surface area contributed by atoms with Gasteiger partial charge in [-0.05, 0) is 37.3 Å². The molecule has 4 heterocycles. The number of β-amino-alcohol motifs (C(OH)–C–C–N with tert-alkyl or cyclic N) is 1. The molecule has 1 atom stereocenters. The highest BCUT2D eigenvalue weighted by Gasteiger charge is 2.27. The number of carbonyl (C=O) groups is 1. The van der Waals surface area contributed by atoms with E-state index in [0.717, 1.165) is 30.7 Å². The molecule has 0 spiro atoms. The number of nitrogens with zero attached hydrogens (tertiary/aromatic N) is 6. The number of para-hydroxylation sites is 2. The Morgan fingerprint density at radius 3 is 2.16 bits per heavy atom. The molecule has 43 heavy (non-hydrogen) atoms. The van der Waals surface area contributed by atoms with Crippen molar-refractivity contribution in [3.8, 4) is 5.69 Å². The fourth-order valence-corrected chi connectivity index (χ4v) is 5.94. The van der Waals surface area contributed by atoms with Crippen molar-refractivity contribution in [2.75, 3.05) is 63.9 Å². The molecule has 2 aliphatic heterocycles. The van der Waals surface area contributed by atoms with Crippen LogP contribution in [0.2, 0.25) is 0 Å². The van der Waals surface area contributed by atoms with Gasteiger partial charge in [-0.25, -0.2) is 14.3 Å². The molecule has 0 bridgehead atoms. The highest BCUT2D eigenvalue weighted by atomic mass is 16.5. The predicted octanol–water partition coefficient (Wildman–Crippen LogP) is 1.51. The van der Waals surface area contributed by atoms with Gasteiger partial charge >= 0.3 is 5.69 Å². The van der Waals surface area contributed by atoms with Gasteiger partial charge in [-0.1, -0.05) is 36.4 Å². The summed E-state index contributed by atoms with van der Waals surface area (Å²) in [5.41, 5.74) is 1.13. The highest BCUT2D eigenvalue weighted by Crippen LogP contribution is 2.20. The van der Waals surface area contributed by atoms with E-state index >= 15 is 0 Å². The molecule has 0 aliphatic carbocycles. The molecule has 2 aromatic heterocycles. The largest absolute Gasteiger partial charge is 0.390 e. The Bertz CT molecular complexity index is 1710. The highest BCUT2D eigenvalue weighted by molar-refractivity contribution is 6.05. The van der Waals surface area contributed by atoms with Crippen molar-refractivity contribution in [2.24, 2.45) is 0 Å². The zero-order valence-corrected chi connectivity index (χ0v) is 24.3. The first-order valence-electron chi connectivity index (χ1n) is 14.7. The Kier molecular flexibility index (Phi) is 8.37. The summed E-state index contributed by atoms with van der Waals surface area (Å²) >= 11 is 0. The molecule has 224 valence electrons. The zero-order valence-electron chi connectivity index (χ0n) is 24.3. The van der Waals surface area contributed by atoms with Crippen LogP contribution < -0.4 is 16.1 Å². The Balaban J connectivity index is 1.35. The first kappa shape index (κ1) is 28.8. The first-order chi connectivity index (χ1) is 20.9. The molecule has 2 fully saturated rings. The van der Waals surface area contributed by atoms with Gasteiger partial charge in [0.2, 0.25) is 0 Å². The van der Waals surface area contributed by atoms with Crippen LogP contribution in [-0.2, 0) is 11.3 Å². The van der Waals surface area contributed by atoms with Crippen LogP contribution in [-0.4, -0.2) is 100 Å². The lowest BCUT2D eigenvalue weighted by Gasteiger charge is -2.37. The molecule has 1 unspecified atom stereocenters. The minimum Gasteiger partial charge on any atom is -0.390 e. The molecule has 4 aromatic rings. The normalized spacial score (nSPS) is 16.9. The number of carbonyl (C=O) groups excluding carboxylic acids is 1. The monoisotopic (exact) mass is 584 g/mol. The van der Waals surface area contributed by atoms with E-state index in [1.165, 1.54) is 10.3 Å². The Hall–Kier alpha value is -4.32. The summed E-state index contributed by atoms with van der Waals surface area (Å²) in [5.74, 6) is -0.308. The Morgan fingerprint density at radius 1 is 0.884 bits per heavy atom. The third-order valence-corrected chi connectivity index (χ3v) is 8.12. The smallest absolute Gasteiger partial charge is 0.337 e. The van der Waals surface area contributed by atoms with E-state index in [4.69, 9.17) is 4.74 Å². The molecule has 6 rings (SSSR count). The molecule has 2 aromatic carbocycles. The fourth-order valence-electron chi connectivity index (χ4n) is 5.94. The fraction of sp³-hybridized carbons (Fsp3) is 0.375. The van der Waals surface area contributed by atoms with E-state index in [0.29, 0.717) is 44.2 Å². The van der Waals surface area contributed by atoms with E-state index in [2.05, 4.69) is 26.9 Å². The van der Waals surface area contributed by atoms with Gasteiger partial charge in [0, 0.05) is 57.2 Å². The van der Waals surface area contributed by atoms with Crippen LogP contribution in [0.4, 0.5) is 5.69 Å². The summed E-state index contributed by atoms with van der Waals surface area (Å²) in [6.07, 6.45) is -0.911. The SMILES string of the molecule is Cc1cc(C(=O)N2CCOCC2)c2c(=O)n(-c3ccccc3)c(=O)n(CC(O)CN3CCN(c4ccccc4)CC3)c2n1. The molecule has 0 saturated carbocycles. The lowest BCUT2D eigenvalue weighted by atomic mass is 10.1. The summed E-state index contributed by atoms with van der Waals surface area (Å²) in [7, 11) is 0. The maximum absolute atomic E-state index is 14.0. The number of aliphatic hydroxyl groups excluding tert-OH is 1. The van der Waals surface area contributed by atoms with Crippen LogP contribution in [0.15, 0.2) is 76.3 Å². The van der Waals surface area contributed by atoms with Crippen LogP contribution >= 0.6 is 0 Å². The van der Waals surface area contributed by atoms with E-state index in [1.54, 1.807) is 48.2 Å². The molecule has 2 saturated heterocycles. The van der Waals surface area contributed by atoms with Crippen molar-refractivity contribution < 1.29 is 14.6 Å². The number of pyridine rings is 1. The van der Waals surface area contributed by atoms with Crippen LogP contribution in [0.25, 0.3) is 16.7 Å². The minimum absolute atomic E-state index is 0.0641. The van der Waals surface area contributed by atoms with E-state index in [9.17, 15) is 19.5 Å². The second kappa shape index (κ2) is 12.5. The van der Waals surface area contributed by atoms with Crippen molar-refractivity contribution >= 4 is 22.6 Å². The maximum atomic E-state index is 14.0. The number of amides is 1. The number of rotatable bonds is 7. The van der Waals surface area contributed by atoms with Crippen LogP contribution in [0.1, 0.15) is 16.1 Å². The summed E-state index contributed by atoms with van der Waals surface area (Å²) in [4.78, 5) is 52.4. The lowest BCUT2D eigenvalue weighted by Crippen LogP contribution is -2.50.